The smallest absolute Gasteiger partial charge is 0.200 e. The zero-order valence-corrected chi connectivity index (χ0v) is 19.7. The van der Waals surface area contributed by atoms with Gasteiger partial charge in [0.05, 0.1) is 23.6 Å². The fraction of sp³-hybridized carbons (Fsp3) is 0.333. The summed E-state index contributed by atoms with van der Waals surface area (Å²) in [7, 11) is 1.48. The van der Waals surface area contributed by atoms with Crippen molar-refractivity contribution < 1.29 is 18.3 Å². The average Bonchev–Trinajstić information content (AvgIpc) is 3.68. The standard InChI is InChI=1S/C27H27F2N3O3/c1-16-14-31(12-11-30-16)25-22(29)13-20-24(27(25)35-2)32(19-8-9-19)15-21(26(20)34)23(33)10-5-17-3-6-18(28)7-4-17/h3-7,10,13,15-16,19,30H,8-9,11-12,14H2,1-2H3. The Labute approximate surface area is 201 Å². The molecule has 2 fully saturated rings. The van der Waals surface area contributed by atoms with Crippen LogP contribution in [0.4, 0.5) is 14.5 Å². The number of hydrogen-bond donors (Lipinski definition) is 1. The number of rotatable bonds is 6. The lowest BCUT2D eigenvalue weighted by molar-refractivity contribution is 0.104. The van der Waals surface area contributed by atoms with Gasteiger partial charge in [-0.2, -0.15) is 0 Å². The van der Waals surface area contributed by atoms with E-state index in [1.54, 1.807) is 18.3 Å². The zero-order chi connectivity index (χ0) is 24.7. The number of fused-ring (bicyclic) bond motifs is 1. The number of aromatic nitrogens is 1. The van der Waals surface area contributed by atoms with E-state index in [-0.39, 0.29) is 28.9 Å². The molecule has 1 saturated carbocycles. The predicted molar refractivity (Wildman–Crippen MR) is 132 cm³/mol. The Kier molecular flexibility index (Phi) is 6.15. The summed E-state index contributed by atoms with van der Waals surface area (Å²) in [6.45, 7) is 3.97. The minimum absolute atomic E-state index is 0.0345. The highest BCUT2D eigenvalue weighted by atomic mass is 19.1. The van der Waals surface area contributed by atoms with Crippen LogP contribution >= 0.6 is 0 Å². The molecule has 0 amide bonds. The molecule has 3 aromatic rings. The Hall–Kier alpha value is -3.52. The molecule has 0 radical (unpaired) electrons. The van der Waals surface area contributed by atoms with E-state index in [1.807, 2.05) is 16.4 Å². The second kappa shape index (κ2) is 9.26. The third kappa shape index (κ3) is 4.46. The molecule has 0 spiro atoms. The first kappa shape index (κ1) is 23.2. The molecule has 8 heteroatoms. The lowest BCUT2D eigenvalue weighted by Crippen LogP contribution is -2.49. The van der Waals surface area contributed by atoms with Gasteiger partial charge in [-0.05, 0) is 49.6 Å². The number of ether oxygens (including phenoxy) is 1. The molecule has 1 aliphatic carbocycles. The second-order valence-electron chi connectivity index (χ2n) is 9.20. The van der Waals surface area contributed by atoms with Gasteiger partial charge in [-0.3, -0.25) is 9.59 Å². The van der Waals surface area contributed by atoms with Gasteiger partial charge < -0.3 is 19.5 Å². The summed E-state index contributed by atoms with van der Waals surface area (Å²) in [4.78, 5) is 28.4. The van der Waals surface area contributed by atoms with E-state index in [0.717, 1.165) is 12.8 Å². The number of piperazine rings is 1. The van der Waals surface area contributed by atoms with Gasteiger partial charge in [-0.25, -0.2) is 8.78 Å². The van der Waals surface area contributed by atoms with E-state index in [4.69, 9.17) is 4.74 Å². The van der Waals surface area contributed by atoms with Gasteiger partial charge in [0.15, 0.2) is 17.3 Å². The van der Waals surface area contributed by atoms with Crippen LogP contribution in [-0.2, 0) is 0 Å². The van der Waals surface area contributed by atoms with Crippen molar-refractivity contribution in [3.8, 4) is 5.75 Å². The number of carbonyl (C=O) groups is 1. The summed E-state index contributed by atoms with van der Waals surface area (Å²) in [5.41, 5.74) is 0.917. The number of hydrogen-bond acceptors (Lipinski definition) is 5. The predicted octanol–water partition coefficient (Wildman–Crippen LogP) is 4.32. The first-order valence-corrected chi connectivity index (χ1v) is 11.8. The topological polar surface area (TPSA) is 63.6 Å². The van der Waals surface area contributed by atoms with Crippen LogP contribution in [-0.4, -0.2) is 43.1 Å². The van der Waals surface area contributed by atoms with Crippen molar-refractivity contribution in [2.45, 2.75) is 31.8 Å². The number of methoxy groups -OCH3 is 1. The van der Waals surface area contributed by atoms with Crippen LogP contribution in [0.1, 0.15) is 41.7 Å². The molecule has 1 N–H and O–H groups in total. The van der Waals surface area contributed by atoms with Gasteiger partial charge in [0.2, 0.25) is 5.43 Å². The number of carbonyl (C=O) groups excluding carboxylic acids is 1. The van der Waals surface area contributed by atoms with Crippen LogP contribution in [0.5, 0.6) is 5.75 Å². The Morgan fingerprint density at radius 1 is 1.20 bits per heavy atom. The van der Waals surface area contributed by atoms with E-state index >= 15 is 4.39 Å². The highest BCUT2D eigenvalue weighted by molar-refractivity contribution is 6.08. The average molecular weight is 480 g/mol. The lowest BCUT2D eigenvalue weighted by Gasteiger charge is -2.35. The van der Waals surface area contributed by atoms with Gasteiger partial charge in [-0.1, -0.05) is 18.2 Å². The number of pyridine rings is 1. The minimum atomic E-state index is -0.547. The van der Waals surface area contributed by atoms with Crippen LogP contribution in [0, 0.1) is 11.6 Å². The Balaban J connectivity index is 1.64. The van der Waals surface area contributed by atoms with Gasteiger partial charge in [0, 0.05) is 37.9 Å². The minimum Gasteiger partial charge on any atom is -0.492 e. The number of halogens is 2. The second-order valence-corrected chi connectivity index (χ2v) is 9.20. The highest BCUT2D eigenvalue weighted by Gasteiger charge is 2.31. The summed E-state index contributed by atoms with van der Waals surface area (Å²) >= 11 is 0. The van der Waals surface area contributed by atoms with Crippen molar-refractivity contribution in [3.63, 3.8) is 0 Å². The quantitative estimate of drug-likeness (QED) is 0.422. The zero-order valence-electron chi connectivity index (χ0n) is 19.7. The maximum absolute atomic E-state index is 15.5. The highest BCUT2D eigenvalue weighted by Crippen LogP contribution is 2.43. The molecular formula is C27H27F2N3O3. The van der Waals surface area contributed by atoms with Crippen LogP contribution in [0.15, 0.2) is 47.4 Å². The molecule has 2 aliphatic rings. The fourth-order valence-electron chi connectivity index (χ4n) is 4.72. The van der Waals surface area contributed by atoms with Crippen LogP contribution in [0.25, 0.3) is 17.0 Å². The van der Waals surface area contributed by atoms with Crippen molar-refractivity contribution in [1.82, 2.24) is 9.88 Å². The number of nitrogens with zero attached hydrogens (tertiary/aromatic N) is 2. The molecule has 1 atom stereocenters. The van der Waals surface area contributed by atoms with Crippen molar-refractivity contribution in [2.24, 2.45) is 0 Å². The largest absolute Gasteiger partial charge is 0.492 e. The van der Waals surface area contributed by atoms with Crippen molar-refractivity contribution >= 4 is 28.4 Å². The summed E-state index contributed by atoms with van der Waals surface area (Å²) in [6.07, 6.45) is 6.19. The summed E-state index contributed by atoms with van der Waals surface area (Å²) in [6, 6.07) is 7.21. The molecule has 1 aromatic heterocycles. The lowest BCUT2D eigenvalue weighted by atomic mass is 10.0. The number of anilines is 1. The molecule has 0 bridgehead atoms. The van der Waals surface area contributed by atoms with Crippen LogP contribution in [0.3, 0.4) is 0 Å². The Morgan fingerprint density at radius 3 is 2.60 bits per heavy atom. The molecule has 1 unspecified atom stereocenters. The van der Waals surface area contributed by atoms with Crippen molar-refractivity contribution in [2.75, 3.05) is 31.6 Å². The van der Waals surface area contributed by atoms with Crippen LogP contribution < -0.4 is 20.4 Å². The molecule has 2 heterocycles. The fourth-order valence-corrected chi connectivity index (χ4v) is 4.72. The Morgan fingerprint density at radius 2 is 1.94 bits per heavy atom. The summed E-state index contributed by atoms with van der Waals surface area (Å²) in [5, 5.41) is 3.47. The maximum atomic E-state index is 15.5. The molecule has 1 aliphatic heterocycles. The Bertz CT molecular complexity index is 1380. The van der Waals surface area contributed by atoms with Gasteiger partial charge in [-0.15, -0.1) is 0 Å². The van der Waals surface area contributed by atoms with Crippen molar-refractivity contribution in [3.05, 3.63) is 75.6 Å². The van der Waals surface area contributed by atoms with Gasteiger partial charge in [0.1, 0.15) is 11.5 Å². The number of ketones is 1. The first-order valence-electron chi connectivity index (χ1n) is 11.8. The van der Waals surface area contributed by atoms with Gasteiger partial charge in [0.25, 0.3) is 0 Å². The summed E-state index contributed by atoms with van der Waals surface area (Å²) < 4.78 is 36.3. The molecule has 1 saturated heterocycles. The van der Waals surface area contributed by atoms with Crippen molar-refractivity contribution in [1.29, 1.82) is 0 Å². The molecular weight excluding hydrogens is 452 g/mol. The van der Waals surface area contributed by atoms with E-state index in [0.29, 0.717) is 42.2 Å². The molecule has 182 valence electrons. The molecule has 2 aromatic carbocycles. The SMILES string of the molecule is COc1c(N2CCNC(C)C2)c(F)cc2c(=O)c(C(=O)C=Cc3ccc(F)cc3)cn(C3CC3)c12. The maximum Gasteiger partial charge on any atom is 0.200 e. The molecule has 6 nitrogen and oxygen atoms in total. The van der Waals surface area contributed by atoms with E-state index < -0.39 is 17.0 Å². The molecule has 35 heavy (non-hydrogen) atoms. The normalized spacial score (nSPS) is 18.4. The first-order chi connectivity index (χ1) is 16.9. The van der Waals surface area contributed by atoms with E-state index in [9.17, 15) is 14.0 Å². The van der Waals surface area contributed by atoms with Crippen LogP contribution in [0.2, 0.25) is 0 Å². The third-order valence-corrected chi connectivity index (χ3v) is 6.59. The van der Waals surface area contributed by atoms with E-state index in [1.165, 1.54) is 37.5 Å². The number of nitrogens with one attached hydrogen (secondary N) is 1. The monoisotopic (exact) mass is 479 g/mol. The number of benzene rings is 2. The number of allylic oxidation sites excluding steroid dienone is 1. The molecule has 5 rings (SSSR count). The third-order valence-electron chi connectivity index (χ3n) is 6.59. The van der Waals surface area contributed by atoms with E-state index in [2.05, 4.69) is 5.32 Å². The summed E-state index contributed by atoms with van der Waals surface area (Å²) in [5.74, 6) is -1.09. The van der Waals surface area contributed by atoms with Gasteiger partial charge >= 0.3 is 0 Å².